The third-order valence-electron chi connectivity index (χ3n) is 3.45. The molecule has 1 aliphatic carbocycles. The molecule has 1 heterocycles. The minimum absolute atomic E-state index is 0.0363. The summed E-state index contributed by atoms with van der Waals surface area (Å²) in [6.07, 6.45) is 3.97. The van der Waals surface area contributed by atoms with Crippen LogP contribution in [0, 0.1) is 13.8 Å². The van der Waals surface area contributed by atoms with Crippen molar-refractivity contribution in [2.45, 2.75) is 51.7 Å². The molecule has 0 spiro atoms. The third-order valence-corrected chi connectivity index (χ3v) is 3.45. The number of carbonyl (C=O) groups is 1. The van der Waals surface area contributed by atoms with E-state index in [2.05, 4.69) is 0 Å². The zero-order valence-electron chi connectivity index (χ0n) is 11.2. The lowest BCUT2D eigenvalue weighted by Gasteiger charge is -2.27. The molecular formula is C14H20O4. The Bertz CT molecular complexity index is 421. The molecule has 0 aliphatic heterocycles. The van der Waals surface area contributed by atoms with E-state index in [4.69, 9.17) is 13.9 Å². The molecule has 1 saturated carbocycles. The van der Waals surface area contributed by atoms with Crippen molar-refractivity contribution in [1.29, 1.82) is 0 Å². The summed E-state index contributed by atoms with van der Waals surface area (Å²) >= 11 is 0. The molecule has 0 aromatic carbocycles. The first-order valence-electron chi connectivity index (χ1n) is 6.41. The van der Waals surface area contributed by atoms with E-state index in [1.54, 1.807) is 20.1 Å². The Morgan fingerprint density at radius 3 is 2.67 bits per heavy atom. The normalized spacial score (nSPS) is 23.9. The van der Waals surface area contributed by atoms with Crippen LogP contribution in [0.5, 0.6) is 0 Å². The van der Waals surface area contributed by atoms with E-state index in [0.717, 1.165) is 31.4 Å². The molecule has 1 aliphatic rings. The summed E-state index contributed by atoms with van der Waals surface area (Å²) in [7, 11) is 1.71. The summed E-state index contributed by atoms with van der Waals surface area (Å²) in [4.78, 5) is 12.0. The molecule has 1 aromatic heterocycles. The number of methoxy groups -OCH3 is 1. The van der Waals surface area contributed by atoms with Crippen LogP contribution in [0.1, 0.15) is 47.6 Å². The molecular weight excluding hydrogens is 232 g/mol. The number of carbonyl (C=O) groups excluding carboxylic acids is 1. The smallest absolute Gasteiger partial charge is 0.341 e. The Labute approximate surface area is 107 Å². The molecule has 2 rings (SSSR count). The predicted molar refractivity (Wildman–Crippen MR) is 66.7 cm³/mol. The van der Waals surface area contributed by atoms with Gasteiger partial charge in [0.2, 0.25) is 0 Å². The molecule has 2 unspecified atom stereocenters. The minimum Gasteiger partial charge on any atom is -0.466 e. The summed E-state index contributed by atoms with van der Waals surface area (Å²) in [6, 6.07) is 1.73. The first-order valence-corrected chi connectivity index (χ1v) is 6.41. The van der Waals surface area contributed by atoms with Crippen LogP contribution in [0.3, 0.4) is 0 Å². The van der Waals surface area contributed by atoms with Gasteiger partial charge in [0, 0.05) is 13.5 Å². The monoisotopic (exact) mass is 252 g/mol. The average molecular weight is 252 g/mol. The Balaban J connectivity index is 1.97. The lowest BCUT2D eigenvalue weighted by atomic mass is 9.95. The highest BCUT2D eigenvalue weighted by Gasteiger charge is 2.26. The minimum atomic E-state index is -0.286. The van der Waals surface area contributed by atoms with Crippen LogP contribution in [0.25, 0.3) is 0 Å². The van der Waals surface area contributed by atoms with Crippen LogP contribution >= 0.6 is 0 Å². The number of rotatable bonds is 3. The van der Waals surface area contributed by atoms with Crippen LogP contribution in [0.4, 0.5) is 0 Å². The molecule has 0 N–H and O–H groups in total. The predicted octanol–water partition coefficient (Wildman–Crippen LogP) is 3.01. The van der Waals surface area contributed by atoms with Gasteiger partial charge in [-0.3, -0.25) is 0 Å². The summed E-state index contributed by atoms with van der Waals surface area (Å²) in [5.74, 6) is 1.07. The lowest BCUT2D eigenvalue weighted by molar-refractivity contribution is -0.0150. The van der Waals surface area contributed by atoms with E-state index < -0.39 is 0 Å². The Kier molecular flexibility index (Phi) is 4.07. The number of hydrogen-bond donors (Lipinski definition) is 0. The van der Waals surface area contributed by atoms with E-state index in [1.165, 1.54) is 0 Å². The molecule has 1 fully saturated rings. The zero-order valence-corrected chi connectivity index (χ0v) is 11.2. The summed E-state index contributed by atoms with van der Waals surface area (Å²) in [5, 5.41) is 0. The maximum atomic E-state index is 12.0. The largest absolute Gasteiger partial charge is 0.466 e. The summed E-state index contributed by atoms with van der Waals surface area (Å²) in [6.45, 7) is 3.60. The Morgan fingerprint density at radius 1 is 1.33 bits per heavy atom. The zero-order chi connectivity index (χ0) is 13.1. The van der Waals surface area contributed by atoms with Crippen LogP contribution in [0.15, 0.2) is 10.5 Å². The van der Waals surface area contributed by atoms with Crippen molar-refractivity contribution >= 4 is 5.97 Å². The first-order chi connectivity index (χ1) is 8.60. The molecule has 100 valence electrons. The van der Waals surface area contributed by atoms with Crippen molar-refractivity contribution in [3.8, 4) is 0 Å². The van der Waals surface area contributed by atoms with Gasteiger partial charge in [0.05, 0.1) is 6.10 Å². The second-order valence-electron chi connectivity index (χ2n) is 4.88. The maximum absolute atomic E-state index is 12.0. The van der Waals surface area contributed by atoms with Gasteiger partial charge in [-0.25, -0.2) is 4.79 Å². The van der Waals surface area contributed by atoms with Crippen LogP contribution in [-0.2, 0) is 9.47 Å². The van der Waals surface area contributed by atoms with Crippen molar-refractivity contribution in [1.82, 2.24) is 0 Å². The van der Waals surface area contributed by atoms with Gasteiger partial charge in [-0.1, -0.05) is 0 Å². The van der Waals surface area contributed by atoms with Crippen molar-refractivity contribution < 1.29 is 18.7 Å². The van der Waals surface area contributed by atoms with Crippen molar-refractivity contribution in [3.63, 3.8) is 0 Å². The fourth-order valence-electron chi connectivity index (χ4n) is 2.47. The lowest BCUT2D eigenvalue weighted by Crippen LogP contribution is -2.29. The molecule has 1 aromatic rings. The van der Waals surface area contributed by atoms with Gasteiger partial charge in [-0.15, -0.1) is 0 Å². The van der Waals surface area contributed by atoms with Gasteiger partial charge in [-0.05, 0) is 39.2 Å². The van der Waals surface area contributed by atoms with E-state index in [1.807, 2.05) is 6.92 Å². The second-order valence-corrected chi connectivity index (χ2v) is 4.88. The van der Waals surface area contributed by atoms with Gasteiger partial charge in [0.25, 0.3) is 0 Å². The molecule has 0 saturated heterocycles. The molecule has 0 radical (unpaired) electrons. The third kappa shape index (κ3) is 2.93. The number of hydrogen-bond acceptors (Lipinski definition) is 4. The van der Waals surface area contributed by atoms with Crippen LogP contribution < -0.4 is 0 Å². The van der Waals surface area contributed by atoms with Gasteiger partial charge in [0.15, 0.2) is 0 Å². The molecule has 2 atom stereocenters. The van der Waals surface area contributed by atoms with Crippen LogP contribution in [0.2, 0.25) is 0 Å². The molecule has 0 bridgehead atoms. The van der Waals surface area contributed by atoms with Crippen LogP contribution in [-0.4, -0.2) is 25.3 Å². The Morgan fingerprint density at radius 2 is 2.06 bits per heavy atom. The number of esters is 1. The fourth-order valence-corrected chi connectivity index (χ4v) is 2.47. The van der Waals surface area contributed by atoms with Gasteiger partial charge in [-0.2, -0.15) is 0 Å². The fraction of sp³-hybridized carbons (Fsp3) is 0.643. The molecule has 4 heteroatoms. The number of aryl methyl sites for hydroxylation is 2. The van der Waals surface area contributed by atoms with E-state index in [-0.39, 0.29) is 18.2 Å². The van der Waals surface area contributed by atoms with Gasteiger partial charge < -0.3 is 13.9 Å². The van der Waals surface area contributed by atoms with Gasteiger partial charge >= 0.3 is 5.97 Å². The molecule has 18 heavy (non-hydrogen) atoms. The number of furan rings is 1. The summed E-state index contributed by atoms with van der Waals surface area (Å²) < 4.78 is 16.2. The van der Waals surface area contributed by atoms with E-state index >= 15 is 0 Å². The average Bonchev–Trinajstić information content (AvgIpc) is 2.69. The topological polar surface area (TPSA) is 48.7 Å². The van der Waals surface area contributed by atoms with E-state index in [0.29, 0.717) is 11.3 Å². The first kappa shape index (κ1) is 13.1. The SMILES string of the molecule is COC1CCCC(OC(=O)c2cc(C)oc2C)C1. The van der Waals surface area contributed by atoms with Crippen molar-refractivity contribution in [3.05, 3.63) is 23.2 Å². The summed E-state index contributed by atoms with van der Waals surface area (Å²) in [5.41, 5.74) is 0.534. The van der Waals surface area contributed by atoms with Gasteiger partial charge in [0.1, 0.15) is 23.2 Å². The highest BCUT2D eigenvalue weighted by molar-refractivity contribution is 5.90. The number of ether oxygens (including phenoxy) is 2. The van der Waals surface area contributed by atoms with Crippen molar-refractivity contribution in [2.75, 3.05) is 7.11 Å². The highest BCUT2D eigenvalue weighted by atomic mass is 16.5. The highest BCUT2D eigenvalue weighted by Crippen LogP contribution is 2.25. The second kappa shape index (κ2) is 5.57. The standard InChI is InChI=1S/C14H20O4/c1-9-7-13(10(2)17-9)14(15)18-12-6-4-5-11(8-12)16-3/h7,11-12H,4-6,8H2,1-3H3. The maximum Gasteiger partial charge on any atom is 0.341 e. The van der Waals surface area contributed by atoms with Crippen molar-refractivity contribution in [2.24, 2.45) is 0 Å². The molecule has 0 amide bonds. The quantitative estimate of drug-likeness (QED) is 0.776. The Hall–Kier alpha value is -1.29. The molecule has 4 nitrogen and oxygen atoms in total. The van der Waals surface area contributed by atoms with E-state index in [9.17, 15) is 4.79 Å².